The predicted octanol–water partition coefficient (Wildman–Crippen LogP) is -3.91. The van der Waals surface area contributed by atoms with Crippen molar-refractivity contribution in [3.8, 4) is 0 Å². The molecule has 0 atom stereocenters. The van der Waals surface area contributed by atoms with Crippen molar-refractivity contribution in [2.45, 2.75) is 5.59 Å². The van der Waals surface area contributed by atoms with E-state index in [1.165, 1.54) is 0 Å². The molecule has 0 aromatic carbocycles. The van der Waals surface area contributed by atoms with Crippen molar-refractivity contribution in [3.05, 3.63) is 0 Å². The van der Waals surface area contributed by atoms with Crippen LogP contribution in [0.3, 0.4) is 0 Å². The molecule has 0 rings (SSSR count). The van der Waals surface area contributed by atoms with Crippen LogP contribution < -0.4 is 19.6 Å². The number of rotatable bonds is 2. The van der Waals surface area contributed by atoms with Crippen LogP contribution in [-0.4, -0.2) is 10.7 Å². The summed E-state index contributed by atoms with van der Waals surface area (Å²) in [7, 11) is -11.4. The van der Waals surface area contributed by atoms with Crippen LogP contribution in [0.25, 0.3) is 0 Å². The Morgan fingerprint density at radius 2 is 1.18 bits per heavy atom. The summed E-state index contributed by atoms with van der Waals surface area (Å²) in [5.74, 6) is 0. The minimum Gasteiger partial charge on any atom is -0.809 e. The molecule has 0 unspecified atom stereocenters. The molecule has 0 amide bonds. The molecule has 10 heteroatoms. The van der Waals surface area contributed by atoms with E-state index in [0.29, 0.717) is 0 Å². The Morgan fingerprint density at radius 1 is 1.00 bits per heavy atom. The molecule has 0 spiro atoms. The van der Waals surface area contributed by atoms with Gasteiger partial charge in [0.25, 0.3) is 0 Å². The number of aliphatic hydroxyl groups is 1. The van der Waals surface area contributed by atoms with E-state index in [4.69, 9.17) is 5.11 Å². The second-order valence-corrected chi connectivity index (χ2v) is 4.97. The quantitative estimate of drug-likeness (QED) is 0.508. The third-order valence-corrected chi connectivity index (χ3v) is 3.39. The fourth-order valence-electron chi connectivity index (χ4n) is 0.173. The van der Waals surface area contributed by atoms with Crippen molar-refractivity contribution < 1.29 is 60.0 Å². The molecule has 0 heterocycles. The fourth-order valence-corrected chi connectivity index (χ4v) is 1.56. The van der Waals surface area contributed by atoms with E-state index in [0.717, 1.165) is 0 Å². The molecular formula is CH2O7P2Zr. The Kier molecular flexibility index (Phi) is 5.86. The van der Waals surface area contributed by atoms with Crippen molar-refractivity contribution in [1.82, 2.24) is 0 Å². The molecule has 0 radical (unpaired) electrons. The van der Waals surface area contributed by atoms with Crippen LogP contribution in [0.15, 0.2) is 0 Å². The minimum absolute atomic E-state index is 0. The van der Waals surface area contributed by atoms with Gasteiger partial charge in [-0.3, -0.25) is 0 Å². The molecule has 0 saturated heterocycles. The van der Waals surface area contributed by atoms with Gasteiger partial charge in [-0.15, -0.1) is 0 Å². The van der Waals surface area contributed by atoms with E-state index >= 15 is 0 Å². The Labute approximate surface area is 80.9 Å². The van der Waals surface area contributed by atoms with Crippen LogP contribution in [-0.2, 0) is 35.3 Å². The molecule has 0 aromatic heterocycles. The Bertz CT molecular complexity index is 178. The van der Waals surface area contributed by atoms with Gasteiger partial charge in [0.1, 0.15) is 5.59 Å². The average molecular weight is 279 g/mol. The molecule has 0 saturated carbocycles. The first-order valence-electron chi connectivity index (χ1n) is 1.87. The summed E-state index contributed by atoms with van der Waals surface area (Å²) >= 11 is 0. The van der Waals surface area contributed by atoms with E-state index < -0.39 is 20.8 Å². The number of aliphatic hydroxyl groups excluding tert-OH is 1. The van der Waals surface area contributed by atoms with Crippen molar-refractivity contribution in [1.29, 1.82) is 0 Å². The van der Waals surface area contributed by atoms with Gasteiger partial charge >= 0.3 is 26.2 Å². The standard InChI is InChI=1S/CH6O7P2.Zr/c2-1(9(3,4)5)10(6,7)8;/h1-2H,(H2,3,4,5)(H2,6,7,8);/q;+4/p-4. The largest absolute Gasteiger partial charge is 4.00 e. The molecule has 62 valence electrons. The van der Waals surface area contributed by atoms with E-state index in [2.05, 4.69) is 0 Å². The molecule has 0 aliphatic rings. The summed E-state index contributed by atoms with van der Waals surface area (Å²) in [5.41, 5.74) is -3.35. The van der Waals surface area contributed by atoms with Gasteiger partial charge in [0, 0.05) is 0 Å². The number of hydrogen-bond donors (Lipinski definition) is 1. The first kappa shape index (κ1) is 14.7. The SMILES string of the molecule is O=P([O-])([O-])C(O)P(=O)([O-])[O-].[Zr+4]. The van der Waals surface area contributed by atoms with E-state index in [9.17, 15) is 28.7 Å². The third-order valence-electron chi connectivity index (χ3n) is 0.566. The van der Waals surface area contributed by atoms with E-state index in [1.54, 1.807) is 0 Å². The fraction of sp³-hybridized carbons (Fsp3) is 1.00. The molecule has 0 aliphatic carbocycles. The van der Waals surface area contributed by atoms with Crippen LogP contribution in [0.1, 0.15) is 0 Å². The summed E-state index contributed by atoms with van der Waals surface area (Å²) in [6.07, 6.45) is 0. The Morgan fingerprint density at radius 3 is 1.18 bits per heavy atom. The summed E-state index contributed by atoms with van der Waals surface area (Å²) in [5, 5.41) is 7.95. The zero-order valence-corrected chi connectivity index (χ0v) is 9.12. The smallest absolute Gasteiger partial charge is 0.809 e. The Hall–Kier alpha value is 1.14. The molecule has 0 aliphatic heterocycles. The van der Waals surface area contributed by atoms with Crippen LogP contribution in [0, 0.1) is 0 Å². The van der Waals surface area contributed by atoms with Crippen molar-refractivity contribution in [2.24, 2.45) is 0 Å². The first-order chi connectivity index (χ1) is 4.15. The predicted molar refractivity (Wildman–Crippen MR) is 21.2 cm³/mol. The summed E-state index contributed by atoms with van der Waals surface area (Å²) in [6.45, 7) is 0. The van der Waals surface area contributed by atoms with Crippen molar-refractivity contribution in [3.63, 3.8) is 0 Å². The number of hydrogen-bond acceptors (Lipinski definition) is 7. The van der Waals surface area contributed by atoms with E-state index in [-0.39, 0.29) is 26.2 Å². The van der Waals surface area contributed by atoms with Gasteiger partial charge < -0.3 is 33.8 Å². The second-order valence-electron chi connectivity index (χ2n) is 1.43. The Balaban J connectivity index is 0. The minimum atomic E-state index is -5.71. The zero-order valence-electron chi connectivity index (χ0n) is 4.87. The molecule has 0 aromatic rings. The van der Waals surface area contributed by atoms with Gasteiger partial charge in [-0.25, -0.2) is 0 Å². The van der Waals surface area contributed by atoms with E-state index in [1.807, 2.05) is 0 Å². The average Bonchev–Trinajstić information content (AvgIpc) is 1.59. The zero-order chi connectivity index (χ0) is 8.58. The molecule has 1 N–H and O–H groups in total. The van der Waals surface area contributed by atoms with Gasteiger partial charge in [0.15, 0.2) is 0 Å². The molecule has 11 heavy (non-hydrogen) atoms. The monoisotopic (exact) mass is 278 g/mol. The second kappa shape index (κ2) is 4.40. The third kappa shape index (κ3) is 5.39. The van der Waals surface area contributed by atoms with Crippen molar-refractivity contribution >= 4 is 15.2 Å². The van der Waals surface area contributed by atoms with Gasteiger partial charge in [-0.05, 0) is 15.2 Å². The maximum atomic E-state index is 9.63. The maximum Gasteiger partial charge on any atom is 4.00 e. The van der Waals surface area contributed by atoms with Gasteiger partial charge in [-0.2, -0.15) is 0 Å². The molecular weight excluding hydrogens is 277 g/mol. The van der Waals surface area contributed by atoms with Crippen LogP contribution in [0.5, 0.6) is 0 Å². The molecule has 7 nitrogen and oxygen atoms in total. The first-order valence-corrected chi connectivity index (χ1v) is 5.09. The molecule has 0 fully saturated rings. The maximum absolute atomic E-state index is 9.63. The summed E-state index contributed by atoms with van der Waals surface area (Å²) in [4.78, 5) is 38.5. The van der Waals surface area contributed by atoms with Gasteiger partial charge in [0.05, 0.1) is 0 Å². The van der Waals surface area contributed by atoms with Crippen LogP contribution in [0.4, 0.5) is 0 Å². The van der Waals surface area contributed by atoms with Gasteiger partial charge in [0.2, 0.25) is 0 Å². The topological polar surface area (TPSA) is 147 Å². The summed E-state index contributed by atoms with van der Waals surface area (Å²) < 4.78 is 19.3. The van der Waals surface area contributed by atoms with Crippen LogP contribution >= 0.6 is 15.2 Å². The normalized spacial score (nSPS) is 12.9. The summed E-state index contributed by atoms with van der Waals surface area (Å²) in [6, 6.07) is 0. The molecule has 0 bridgehead atoms. The van der Waals surface area contributed by atoms with Gasteiger partial charge in [-0.1, -0.05) is 0 Å². The van der Waals surface area contributed by atoms with Crippen molar-refractivity contribution in [2.75, 3.05) is 0 Å². The van der Waals surface area contributed by atoms with Crippen LogP contribution in [0.2, 0.25) is 0 Å².